The Morgan fingerprint density at radius 2 is 1.34 bits per heavy atom. The van der Waals surface area contributed by atoms with Gasteiger partial charge in [-0.1, -0.05) is 0 Å². The maximum Gasteiger partial charge on any atom is 1.00 e. The van der Waals surface area contributed by atoms with E-state index in [4.69, 9.17) is 10.2 Å². The summed E-state index contributed by atoms with van der Waals surface area (Å²) in [5.41, 5.74) is -6.20. The normalized spacial score (nSPS) is 12.5. The molecule has 0 fully saturated rings. The molecule has 0 amide bonds. The summed E-state index contributed by atoms with van der Waals surface area (Å²) in [7, 11) is 0. The van der Waals surface area contributed by atoms with Crippen LogP contribution < -0.4 is 35.5 Å². The van der Waals surface area contributed by atoms with Crippen molar-refractivity contribution >= 4 is 35.8 Å². The van der Waals surface area contributed by atoms with E-state index in [0.717, 1.165) is 0 Å². The van der Waals surface area contributed by atoms with E-state index < -0.39 is 72.7 Å². The van der Waals surface area contributed by atoms with Crippen LogP contribution in [0.25, 0.3) is 0 Å². The number of ether oxygens (including phenoxy) is 2. The van der Waals surface area contributed by atoms with E-state index in [1.165, 1.54) is 6.92 Å². The summed E-state index contributed by atoms with van der Waals surface area (Å²) < 4.78 is 9.02. The third-order valence-electron chi connectivity index (χ3n) is 3.24. The van der Waals surface area contributed by atoms with Gasteiger partial charge in [0.2, 0.25) is 5.60 Å². The van der Waals surface area contributed by atoms with Crippen molar-refractivity contribution in [3.63, 3.8) is 0 Å². The second-order valence-electron chi connectivity index (χ2n) is 5.51. The molecule has 0 bridgehead atoms. The maximum absolute atomic E-state index is 12.4. The molecule has 0 aromatic heterocycles. The van der Waals surface area contributed by atoms with Crippen molar-refractivity contribution in [2.24, 2.45) is 5.90 Å². The largest absolute Gasteiger partial charge is 1.00 e. The van der Waals surface area contributed by atoms with Gasteiger partial charge in [0.1, 0.15) is 0 Å². The number of hydrogen-bond acceptors (Lipinski definition) is 11. The fourth-order valence-corrected chi connectivity index (χ4v) is 2.03. The molecule has 1 atom stereocenters. The summed E-state index contributed by atoms with van der Waals surface area (Å²) in [4.78, 5) is 72.5. The van der Waals surface area contributed by atoms with Gasteiger partial charge in [-0.3, -0.25) is 19.2 Å². The minimum absolute atomic E-state index is 0. The third kappa shape index (κ3) is 9.19. The molecule has 0 aliphatic carbocycles. The Balaban J connectivity index is -0.00000364. The number of carbonyl (C=O) groups excluding carboxylic acids is 3. The predicted molar refractivity (Wildman–Crippen MR) is 83.2 cm³/mol. The molecule has 0 saturated heterocycles. The number of carboxylic acid groups (broad SMARTS) is 3. The molecular weight excluding hydrogens is 413 g/mol. The topological polar surface area (TPSA) is 237 Å². The number of nitrogens with two attached hydrogens (primary N) is 1. The Bertz CT molecular complexity index is 654. The molecule has 0 aliphatic rings. The van der Waals surface area contributed by atoms with Gasteiger partial charge in [-0.15, -0.1) is 0 Å². The van der Waals surface area contributed by atoms with Gasteiger partial charge in [0, 0.05) is 0 Å². The van der Waals surface area contributed by atoms with Crippen LogP contribution in [0.4, 0.5) is 0 Å². The zero-order chi connectivity index (χ0) is 22.1. The summed E-state index contributed by atoms with van der Waals surface area (Å²) in [6.45, 7) is 1.21. The molecule has 0 rings (SSSR count). The van der Waals surface area contributed by atoms with Crippen molar-refractivity contribution in [2.45, 2.75) is 43.8 Å². The number of hydrogen-bond donors (Lipinski definition) is 5. The molecule has 0 heterocycles. The average Bonchev–Trinajstić information content (AvgIpc) is 2.52. The van der Waals surface area contributed by atoms with E-state index >= 15 is 0 Å². The van der Waals surface area contributed by atoms with E-state index in [9.17, 15) is 39.0 Å². The Morgan fingerprint density at radius 3 is 1.69 bits per heavy atom. The molecule has 1 unspecified atom stereocenters. The first kappa shape index (κ1) is 28.9. The van der Waals surface area contributed by atoms with Gasteiger partial charge in [0.15, 0.2) is 5.60 Å². The quantitative estimate of drug-likeness (QED) is 0.110. The van der Waals surface area contributed by atoms with E-state index in [2.05, 4.69) is 20.2 Å². The molecule has 15 heteroatoms. The number of carboxylic acids is 3. The molecule has 0 aliphatic heterocycles. The van der Waals surface area contributed by atoms with Gasteiger partial charge < -0.3 is 36.2 Å². The third-order valence-corrected chi connectivity index (χ3v) is 3.24. The van der Waals surface area contributed by atoms with E-state index in [-0.39, 0.29) is 37.6 Å². The summed E-state index contributed by atoms with van der Waals surface area (Å²) in [6, 6.07) is 0. The molecule has 0 saturated carbocycles. The van der Waals surface area contributed by atoms with Crippen LogP contribution in [0.2, 0.25) is 0 Å². The zero-order valence-electron chi connectivity index (χ0n) is 16.6. The predicted octanol–water partition coefficient (Wildman–Crippen LogP) is -5.09. The van der Waals surface area contributed by atoms with Crippen LogP contribution >= 0.6 is 0 Å². The number of rotatable bonds is 12. The Kier molecular flexibility index (Phi) is 12.3. The van der Waals surface area contributed by atoms with E-state index in [0.29, 0.717) is 0 Å². The number of carbonyl (C=O) groups is 6. The van der Waals surface area contributed by atoms with Crippen LogP contribution in [-0.4, -0.2) is 74.1 Å². The fourth-order valence-electron chi connectivity index (χ4n) is 2.03. The summed E-state index contributed by atoms with van der Waals surface area (Å²) in [6.07, 6.45) is -5.49. The monoisotopic (exact) mass is 433 g/mol. The van der Waals surface area contributed by atoms with Crippen LogP contribution in [-0.2, 0) is 43.1 Å². The van der Waals surface area contributed by atoms with Crippen LogP contribution in [0, 0.1) is 0 Å². The second-order valence-corrected chi connectivity index (χ2v) is 5.51. The van der Waals surface area contributed by atoms with Crippen LogP contribution in [0.1, 0.15) is 34.0 Å². The molecular formula is C14H20NNaO13. The molecule has 160 valence electrons. The molecule has 0 radical (unpaired) electrons. The first-order valence-electron chi connectivity index (χ1n) is 7.50. The summed E-state index contributed by atoms with van der Waals surface area (Å²) >= 11 is 0. The fraction of sp³-hybridized carbons (Fsp3) is 0.571. The number of aliphatic carboxylic acids is 3. The average molecular weight is 433 g/mol. The minimum atomic E-state index is -3.13. The Labute approximate surface area is 186 Å². The summed E-state index contributed by atoms with van der Waals surface area (Å²) in [5.74, 6) is -5.81. The smallest absolute Gasteiger partial charge is 1.00 e. The van der Waals surface area contributed by atoms with E-state index in [1.807, 2.05) is 0 Å². The SMILES string of the molecule is CCOC(=O)CC(O)(CC(=O)ON)C(=O)OC(CC(=O)O)(CC(=O)O)C(=O)O.[H-].[Na+]. The van der Waals surface area contributed by atoms with Gasteiger partial charge in [0.05, 0.1) is 32.3 Å². The minimum Gasteiger partial charge on any atom is -1.00 e. The van der Waals surface area contributed by atoms with Gasteiger partial charge in [0.25, 0.3) is 0 Å². The van der Waals surface area contributed by atoms with Crippen LogP contribution in [0.3, 0.4) is 0 Å². The Hall–Kier alpha value is -2.26. The molecule has 0 aromatic rings. The van der Waals surface area contributed by atoms with Gasteiger partial charge in [-0.2, -0.15) is 5.90 Å². The van der Waals surface area contributed by atoms with Crippen molar-refractivity contribution in [1.29, 1.82) is 0 Å². The number of aliphatic hydroxyl groups is 1. The van der Waals surface area contributed by atoms with Gasteiger partial charge in [-0.05, 0) is 6.92 Å². The molecule has 29 heavy (non-hydrogen) atoms. The first-order chi connectivity index (χ1) is 12.8. The van der Waals surface area contributed by atoms with Crippen molar-refractivity contribution in [3.05, 3.63) is 0 Å². The first-order valence-corrected chi connectivity index (χ1v) is 7.50. The summed E-state index contributed by atoms with van der Waals surface area (Å²) in [5, 5.41) is 37.3. The van der Waals surface area contributed by atoms with Gasteiger partial charge in [-0.25, -0.2) is 9.59 Å². The van der Waals surface area contributed by atoms with Crippen molar-refractivity contribution in [2.75, 3.05) is 6.61 Å². The van der Waals surface area contributed by atoms with Crippen LogP contribution in [0.5, 0.6) is 0 Å². The molecule has 6 N–H and O–H groups in total. The maximum atomic E-state index is 12.4. The van der Waals surface area contributed by atoms with Crippen LogP contribution in [0.15, 0.2) is 0 Å². The Morgan fingerprint density at radius 1 is 0.897 bits per heavy atom. The molecule has 14 nitrogen and oxygen atoms in total. The second kappa shape index (κ2) is 12.3. The van der Waals surface area contributed by atoms with Crippen molar-refractivity contribution in [1.82, 2.24) is 0 Å². The molecule has 0 spiro atoms. The zero-order valence-corrected chi connectivity index (χ0v) is 17.6. The van der Waals surface area contributed by atoms with Gasteiger partial charge >= 0.3 is 65.4 Å². The van der Waals surface area contributed by atoms with E-state index in [1.54, 1.807) is 0 Å². The van der Waals surface area contributed by atoms with Crippen molar-refractivity contribution < 1.29 is 94.5 Å². The van der Waals surface area contributed by atoms with Crippen molar-refractivity contribution in [3.8, 4) is 0 Å². The number of esters is 2. The standard InChI is InChI=1S/C14H19NO13.Na.H/c1-2-26-9(20)5-13(25,6-10(21)28-15)12(24)27-14(11(22)23,3-7(16)17)4-8(18)19;;/h25H,2-6,15H2,1H3,(H,16,17)(H,18,19)(H,22,23);;/q;+1;-1. The molecule has 0 aromatic carbocycles.